The number of hydrogen-bond donors (Lipinski definition) is 0. The predicted molar refractivity (Wildman–Crippen MR) is 75.6 cm³/mol. The fraction of sp³-hybridized carbons (Fsp3) is 0.500. The zero-order valence-corrected chi connectivity index (χ0v) is 11.7. The fourth-order valence-corrected chi connectivity index (χ4v) is 2.29. The van der Waals surface area contributed by atoms with E-state index >= 15 is 0 Å². The van der Waals surface area contributed by atoms with Crippen molar-refractivity contribution >= 4 is 22.6 Å². The first-order chi connectivity index (χ1) is 8.80. The number of benzene rings is 1. The van der Waals surface area contributed by atoms with E-state index in [2.05, 4.69) is 22.5 Å². The highest BCUT2D eigenvalue weighted by atomic mass is 35.5. The third kappa shape index (κ3) is 2.61. The molecule has 0 atom stereocenters. The molecule has 98 valence electrons. The first-order valence-electron chi connectivity index (χ1n) is 6.39. The Hall–Kier alpha value is -1.22. The van der Waals surface area contributed by atoms with E-state index in [-0.39, 0.29) is 0 Å². The van der Waals surface area contributed by atoms with Gasteiger partial charge in [-0.05, 0) is 18.6 Å². The molecule has 0 bridgehead atoms. The number of alkyl halides is 1. The molecule has 0 amide bonds. The van der Waals surface area contributed by atoms with Crippen LogP contribution in [0.4, 0.5) is 0 Å². The second kappa shape index (κ2) is 6.10. The number of imidazole rings is 1. The summed E-state index contributed by atoms with van der Waals surface area (Å²) in [5, 5.41) is 0. The lowest BCUT2D eigenvalue weighted by molar-refractivity contribution is 0.415. The molecule has 0 aliphatic carbocycles. The zero-order valence-electron chi connectivity index (χ0n) is 10.9. The van der Waals surface area contributed by atoms with Crippen molar-refractivity contribution in [1.29, 1.82) is 0 Å². The summed E-state index contributed by atoms with van der Waals surface area (Å²) in [5.41, 5.74) is 2.16. The Morgan fingerprint density at radius 2 is 2.22 bits per heavy atom. The summed E-state index contributed by atoms with van der Waals surface area (Å²) >= 11 is 5.85. The Bertz CT molecular complexity index is 522. The molecule has 0 spiro atoms. The number of methoxy groups -OCH3 is 1. The molecule has 1 aromatic heterocycles. The lowest BCUT2D eigenvalue weighted by atomic mass is 10.3. The number of aryl methyl sites for hydroxylation is 2. The Labute approximate surface area is 113 Å². The van der Waals surface area contributed by atoms with Crippen LogP contribution in [-0.4, -0.2) is 22.5 Å². The number of nitrogens with zero attached hydrogens (tertiary/aromatic N) is 2. The van der Waals surface area contributed by atoms with Gasteiger partial charge in [-0.25, -0.2) is 4.98 Å². The molecule has 18 heavy (non-hydrogen) atoms. The van der Waals surface area contributed by atoms with Crippen molar-refractivity contribution in [1.82, 2.24) is 9.55 Å². The van der Waals surface area contributed by atoms with Crippen LogP contribution in [0.3, 0.4) is 0 Å². The Balaban J connectivity index is 2.47. The molecule has 0 unspecified atom stereocenters. The van der Waals surface area contributed by atoms with Crippen LogP contribution in [0.25, 0.3) is 11.0 Å². The Kier molecular flexibility index (Phi) is 4.48. The number of hydrogen-bond acceptors (Lipinski definition) is 2. The molecule has 4 heteroatoms. The topological polar surface area (TPSA) is 27.1 Å². The molecule has 0 saturated heterocycles. The lowest BCUT2D eigenvalue weighted by Crippen LogP contribution is -2.04. The second-order valence-electron chi connectivity index (χ2n) is 4.33. The van der Waals surface area contributed by atoms with Gasteiger partial charge < -0.3 is 9.30 Å². The summed E-state index contributed by atoms with van der Waals surface area (Å²) in [5.74, 6) is 2.55. The standard InChI is InChI=1S/C14H19ClN2O/c1-3-4-9-17-13-10-11(18-2)5-6-12(13)16-14(17)7-8-15/h5-6,10H,3-4,7-9H2,1-2H3. The van der Waals surface area contributed by atoms with Crippen LogP contribution in [0.15, 0.2) is 18.2 Å². The van der Waals surface area contributed by atoms with E-state index in [1.807, 2.05) is 12.1 Å². The largest absolute Gasteiger partial charge is 0.497 e. The number of unbranched alkanes of at least 4 members (excludes halogenated alkanes) is 1. The van der Waals surface area contributed by atoms with E-state index in [1.54, 1.807) is 7.11 Å². The van der Waals surface area contributed by atoms with E-state index in [0.29, 0.717) is 5.88 Å². The van der Waals surface area contributed by atoms with Gasteiger partial charge in [0.25, 0.3) is 0 Å². The van der Waals surface area contributed by atoms with Crippen molar-refractivity contribution in [3.05, 3.63) is 24.0 Å². The van der Waals surface area contributed by atoms with Gasteiger partial charge in [0.1, 0.15) is 11.6 Å². The highest BCUT2D eigenvalue weighted by molar-refractivity contribution is 6.17. The van der Waals surface area contributed by atoms with Gasteiger partial charge in [0.2, 0.25) is 0 Å². The van der Waals surface area contributed by atoms with E-state index < -0.39 is 0 Å². The molecular weight excluding hydrogens is 248 g/mol. The van der Waals surface area contributed by atoms with Crippen LogP contribution in [0, 0.1) is 0 Å². The molecular formula is C14H19ClN2O. The molecule has 0 saturated carbocycles. The highest BCUT2D eigenvalue weighted by Gasteiger charge is 2.10. The number of aromatic nitrogens is 2. The van der Waals surface area contributed by atoms with Crippen LogP contribution in [0.2, 0.25) is 0 Å². The van der Waals surface area contributed by atoms with Gasteiger partial charge in [0.05, 0.1) is 18.1 Å². The summed E-state index contributed by atoms with van der Waals surface area (Å²) in [6.45, 7) is 3.19. The van der Waals surface area contributed by atoms with Crippen LogP contribution < -0.4 is 4.74 Å². The normalized spacial score (nSPS) is 11.1. The summed E-state index contributed by atoms with van der Waals surface area (Å²) in [6.07, 6.45) is 3.13. The monoisotopic (exact) mass is 266 g/mol. The number of fused-ring (bicyclic) bond motifs is 1. The van der Waals surface area contributed by atoms with Gasteiger partial charge in [0.15, 0.2) is 0 Å². The van der Waals surface area contributed by atoms with Gasteiger partial charge in [-0.2, -0.15) is 0 Å². The smallest absolute Gasteiger partial charge is 0.121 e. The maximum absolute atomic E-state index is 5.85. The minimum Gasteiger partial charge on any atom is -0.497 e. The minimum atomic E-state index is 0.604. The Morgan fingerprint density at radius 3 is 2.89 bits per heavy atom. The van der Waals surface area contributed by atoms with Crippen LogP contribution in [0.1, 0.15) is 25.6 Å². The molecule has 0 aliphatic heterocycles. The fourth-order valence-electron chi connectivity index (χ4n) is 2.12. The molecule has 3 nitrogen and oxygen atoms in total. The number of rotatable bonds is 6. The van der Waals surface area contributed by atoms with Gasteiger partial charge in [-0.3, -0.25) is 0 Å². The number of ether oxygens (including phenoxy) is 1. The van der Waals surface area contributed by atoms with Gasteiger partial charge in [0, 0.05) is 24.9 Å². The van der Waals surface area contributed by atoms with Crippen molar-refractivity contribution in [2.45, 2.75) is 32.7 Å². The first-order valence-corrected chi connectivity index (χ1v) is 6.92. The van der Waals surface area contributed by atoms with Gasteiger partial charge in [-0.1, -0.05) is 13.3 Å². The van der Waals surface area contributed by atoms with E-state index in [9.17, 15) is 0 Å². The molecule has 0 aliphatic rings. The average molecular weight is 267 g/mol. The molecule has 1 heterocycles. The second-order valence-corrected chi connectivity index (χ2v) is 4.70. The van der Waals surface area contributed by atoms with Crippen molar-refractivity contribution in [3.8, 4) is 5.75 Å². The van der Waals surface area contributed by atoms with Crippen LogP contribution in [-0.2, 0) is 13.0 Å². The average Bonchev–Trinajstić information content (AvgIpc) is 2.73. The van der Waals surface area contributed by atoms with Crippen molar-refractivity contribution in [3.63, 3.8) is 0 Å². The zero-order chi connectivity index (χ0) is 13.0. The summed E-state index contributed by atoms with van der Waals surface area (Å²) < 4.78 is 7.55. The van der Waals surface area contributed by atoms with Gasteiger partial charge >= 0.3 is 0 Å². The molecule has 0 fully saturated rings. The first kappa shape index (κ1) is 13.2. The number of halogens is 1. The SMILES string of the molecule is CCCCn1c(CCCl)nc2ccc(OC)cc21. The van der Waals surface area contributed by atoms with Crippen LogP contribution in [0.5, 0.6) is 5.75 Å². The predicted octanol–water partition coefficient (Wildman–Crippen LogP) is 3.63. The maximum atomic E-state index is 5.85. The molecule has 0 N–H and O–H groups in total. The maximum Gasteiger partial charge on any atom is 0.121 e. The minimum absolute atomic E-state index is 0.604. The quantitative estimate of drug-likeness (QED) is 0.747. The van der Waals surface area contributed by atoms with Crippen molar-refractivity contribution in [2.75, 3.05) is 13.0 Å². The highest BCUT2D eigenvalue weighted by Crippen LogP contribution is 2.23. The van der Waals surface area contributed by atoms with E-state index in [1.165, 1.54) is 6.42 Å². The van der Waals surface area contributed by atoms with E-state index in [0.717, 1.165) is 42.0 Å². The molecule has 0 radical (unpaired) electrons. The summed E-state index contributed by atoms with van der Waals surface area (Å²) in [7, 11) is 1.69. The third-order valence-corrected chi connectivity index (χ3v) is 3.28. The molecule has 1 aromatic carbocycles. The van der Waals surface area contributed by atoms with Gasteiger partial charge in [-0.15, -0.1) is 11.6 Å². The van der Waals surface area contributed by atoms with Crippen LogP contribution >= 0.6 is 11.6 Å². The van der Waals surface area contributed by atoms with E-state index in [4.69, 9.17) is 16.3 Å². The Morgan fingerprint density at radius 1 is 1.39 bits per heavy atom. The molecule has 2 aromatic rings. The summed E-state index contributed by atoms with van der Waals surface area (Å²) in [4.78, 5) is 4.65. The lowest BCUT2D eigenvalue weighted by Gasteiger charge is -2.08. The van der Waals surface area contributed by atoms with Crippen molar-refractivity contribution < 1.29 is 4.74 Å². The van der Waals surface area contributed by atoms with Crippen molar-refractivity contribution in [2.24, 2.45) is 0 Å². The molecule has 2 rings (SSSR count). The summed E-state index contributed by atoms with van der Waals surface area (Å²) in [6, 6.07) is 6.01. The third-order valence-electron chi connectivity index (χ3n) is 3.09.